The molecule has 1 nitrogen and oxygen atoms in total. The van der Waals surface area contributed by atoms with Gasteiger partial charge in [0.1, 0.15) is 0 Å². The standard InChI is InChI=1S/C36H31N/c1-28-8-12-30(13-9-28)16-18-32-20-24-35(25-21-32)37(34-6-4-3-5-7-34)36-26-22-33(23-27-36)19-17-31-14-10-29(2)11-15-31/h3-27H,1-2H3. The molecule has 37 heavy (non-hydrogen) atoms. The van der Waals surface area contributed by atoms with E-state index in [0.717, 1.165) is 17.1 Å². The zero-order chi connectivity index (χ0) is 25.5. The van der Waals surface area contributed by atoms with Crippen molar-refractivity contribution in [2.45, 2.75) is 13.8 Å². The number of nitrogens with zero attached hydrogens (tertiary/aromatic N) is 1. The Morgan fingerprint density at radius 2 is 0.649 bits per heavy atom. The highest BCUT2D eigenvalue weighted by Crippen LogP contribution is 2.34. The highest BCUT2D eigenvalue weighted by molar-refractivity contribution is 5.79. The molecule has 0 aromatic heterocycles. The fourth-order valence-electron chi connectivity index (χ4n) is 4.23. The number of hydrogen-bond donors (Lipinski definition) is 0. The van der Waals surface area contributed by atoms with Crippen molar-refractivity contribution < 1.29 is 0 Å². The normalized spacial score (nSPS) is 11.3. The van der Waals surface area contributed by atoms with Crippen LogP contribution in [0.25, 0.3) is 24.3 Å². The molecule has 0 N–H and O–H groups in total. The molecule has 0 bridgehead atoms. The lowest BCUT2D eigenvalue weighted by Crippen LogP contribution is -2.09. The van der Waals surface area contributed by atoms with Crippen molar-refractivity contribution in [3.05, 3.63) is 161 Å². The fourth-order valence-corrected chi connectivity index (χ4v) is 4.23. The van der Waals surface area contributed by atoms with E-state index in [1.807, 2.05) is 0 Å². The van der Waals surface area contributed by atoms with Crippen LogP contribution in [0.4, 0.5) is 17.1 Å². The van der Waals surface area contributed by atoms with E-state index in [9.17, 15) is 0 Å². The monoisotopic (exact) mass is 477 g/mol. The third-order valence-electron chi connectivity index (χ3n) is 6.41. The van der Waals surface area contributed by atoms with E-state index < -0.39 is 0 Å². The second kappa shape index (κ2) is 11.4. The summed E-state index contributed by atoms with van der Waals surface area (Å²) in [5.74, 6) is 0. The van der Waals surface area contributed by atoms with Gasteiger partial charge in [-0.3, -0.25) is 0 Å². The summed E-state index contributed by atoms with van der Waals surface area (Å²) < 4.78 is 0. The van der Waals surface area contributed by atoms with Gasteiger partial charge in [-0.25, -0.2) is 0 Å². The van der Waals surface area contributed by atoms with Gasteiger partial charge in [0, 0.05) is 17.1 Å². The molecule has 0 aliphatic carbocycles. The predicted molar refractivity (Wildman–Crippen MR) is 161 cm³/mol. The van der Waals surface area contributed by atoms with Gasteiger partial charge in [-0.2, -0.15) is 0 Å². The molecule has 0 saturated carbocycles. The van der Waals surface area contributed by atoms with Gasteiger partial charge in [-0.15, -0.1) is 0 Å². The molecule has 0 aliphatic rings. The van der Waals surface area contributed by atoms with Crippen LogP contribution in [0, 0.1) is 13.8 Å². The summed E-state index contributed by atoms with van der Waals surface area (Å²) in [6.45, 7) is 4.22. The quantitative estimate of drug-likeness (QED) is 0.211. The van der Waals surface area contributed by atoms with Crippen molar-refractivity contribution in [1.29, 1.82) is 0 Å². The molecule has 1 heteroatoms. The van der Waals surface area contributed by atoms with Crippen LogP contribution in [0.2, 0.25) is 0 Å². The minimum absolute atomic E-state index is 1.13. The molecule has 0 amide bonds. The summed E-state index contributed by atoms with van der Waals surface area (Å²) in [6.07, 6.45) is 8.64. The van der Waals surface area contributed by atoms with E-state index in [-0.39, 0.29) is 0 Å². The van der Waals surface area contributed by atoms with E-state index >= 15 is 0 Å². The first-order chi connectivity index (χ1) is 18.1. The van der Waals surface area contributed by atoms with Gasteiger partial charge in [0.25, 0.3) is 0 Å². The molecule has 0 atom stereocenters. The van der Waals surface area contributed by atoms with Crippen molar-refractivity contribution in [3.63, 3.8) is 0 Å². The summed E-state index contributed by atoms with van der Waals surface area (Å²) in [5, 5.41) is 0. The van der Waals surface area contributed by atoms with Crippen LogP contribution in [0.3, 0.4) is 0 Å². The first-order valence-corrected chi connectivity index (χ1v) is 12.7. The van der Waals surface area contributed by atoms with Gasteiger partial charge < -0.3 is 4.90 Å². The van der Waals surface area contributed by atoms with Crippen LogP contribution in [-0.2, 0) is 0 Å². The zero-order valence-electron chi connectivity index (χ0n) is 21.4. The molecule has 0 heterocycles. The molecule has 0 aliphatic heterocycles. The highest BCUT2D eigenvalue weighted by Gasteiger charge is 2.11. The Labute approximate surface area is 220 Å². The Bertz CT molecular complexity index is 1370. The Morgan fingerprint density at radius 1 is 0.351 bits per heavy atom. The van der Waals surface area contributed by atoms with Crippen molar-refractivity contribution in [2.75, 3.05) is 4.90 Å². The molecule has 5 rings (SSSR count). The van der Waals surface area contributed by atoms with E-state index in [4.69, 9.17) is 0 Å². The molecule has 180 valence electrons. The van der Waals surface area contributed by atoms with Crippen molar-refractivity contribution in [1.82, 2.24) is 0 Å². The Morgan fingerprint density at radius 3 is 1.00 bits per heavy atom. The third kappa shape index (κ3) is 6.34. The molecule has 5 aromatic carbocycles. The molecule has 0 spiro atoms. The van der Waals surface area contributed by atoms with Crippen LogP contribution in [0.15, 0.2) is 127 Å². The van der Waals surface area contributed by atoms with Gasteiger partial charge in [-0.1, -0.05) is 126 Å². The van der Waals surface area contributed by atoms with Crippen molar-refractivity contribution in [2.24, 2.45) is 0 Å². The molecule has 5 aromatic rings. The lowest BCUT2D eigenvalue weighted by atomic mass is 10.1. The number of aryl methyl sites for hydroxylation is 2. The predicted octanol–water partition coefficient (Wildman–Crippen LogP) is 10.1. The number of anilines is 3. The maximum atomic E-state index is 2.29. The number of rotatable bonds is 7. The minimum atomic E-state index is 1.13. The summed E-state index contributed by atoms with van der Waals surface area (Å²) >= 11 is 0. The summed E-state index contributed by atoms with van der Waals surface area (Å²) in [5.41, 5.74) is 10.7. The minimum Gasteiger partial charge on any atom is -0.311 e. The van der Waals surface area contributed by atoms with Crippen LogP contribution < -0.4 is 4.90 Å². The van der Waals surface area contributed by atoms with E-state index in [2.05, 4.69) is 170 Å². The van der Waals surface area contributed by atoms with Gasteiger partial charge >= 0.3 is 0 Å². The molecule has 0 unspecified atom stereocenters. The van der Waals surface area contributed by atoms with E-state index in [1.165, 1.54) is 33.4 Å². The highest BCUT2D eigenvalue weighted by atomic mass is 15.1. The van der Waals surface area contributed by atoms with E-state index in [0.29, 0.717) is 0 Å². The number of para-hydroxylation sites is 1. The number of hydrogen-bond acceptors (Lipinski definition) is 1. The van der Waals surface area contributed by atoms with Gasteiger partial charge in [0.2, 0.25) is 0 Å². The first kappa shape index (κ1) is 24.1. The first-order valence-electron chi connectivity index (χ1n) is 12.7. The molecule has 0 fully saturated rings. The lowest BCUT2D eigenvalue weighted by molar-refractivity contribution is 1.28. The average Bonchev–Trinajstić information content (AvgIpc) is 2.95. The second-order valence-corrected chi connectivity index (χ2v) is 9.34. The lowest BCUT2D eigenvalue weighted by Gasteiger charge is -2.25. The number of benzene rings is 5. The van der Waals surface area contributed by atoms with E-state index in [1.54, 1.807) is 0 Å². The maximum Gasteiger partial charge on any atom is 0.0462 e. The van der Waals surface area contributed by atoms with Crippen LogP contribution in [-0.4, -0.2) is 0 Å². The SMILES string of the molecule is Cc1ccc(C=Cc2ccc(N(c3ccccc3)c3ccc(C=Cc4ccc(C)cc4)cc3)cc2)cc1. The van der Waals surface area contributed by atoms with Crippen LogP contribution >= 0.6 is 0 Å². The smallest absolute Gasteiger partial charge is 0.0462 e. The van der Waals surface area contributed by atoms with Gasteiger partial charge in [-0.05, 0) is 72.5 Å². The Balaban J connectivity index is 1.38. The Kier molecular flexibility index (Phi) is 7.43. The zero-order valence-corrected chi connectivity index (χ0v) is 21.4. The summed E-state index contributed by atoms with van der Waals surface area (Å²) in [4.78, 5) is 2.29. The molecule has 0 saturated heterocycles. The summed E-state index contributed by atoms with van der Waals surface area (Å²) in [7, 11) is 0. The Hall–Kier alpha value is -4.62. The fraction of sp³-hybridized carbons (Fsp3) is 0.0556. The average molecular weight is 478 g/mol. The second-order valence-electron chi connectivity index (χ2n) is 9.34. The van der Waals surface area contributed by atoms with Crippen LogP contribution in [0.5, 0.6) is 0 Å². The molecular formula is C36H31N. The van der Waals surface area contributed by atoms with Gasteiger partial charge in [0.15, 0.2) is 0 Å². The maximum absolute atomic E-state index is 2.29. The molecular weight excluding hydrogens is 446 g/mol. The third-order valence-corrected chi connectivity index (χ3v) is 6.41. The van der Waals surface area contributed by atoms with Crippen molar-refractivity contribution >= 4 is 41.4 Å². The van der Waals surface area contributed by atoms with Crippen molar-refractivity contribution in [3.8, 4) is 0 Å². The summed E-state index contributed by atoms with van der Waals surface area (Å²) in [6, 6.07) is 45.1. The topological polar surface area (TPSA) is 3.24 Å². The van der Waals surface area contributed by atoms with Crippen LogP contribution in [0.1, 0.15) is 33.4 Å². The largest absolute Gasteiger partial charge is 0.311 e. The van der Waals surface area contributed by atoms with Gasteiger partial charge in [0.05, 0.1) is 0 Å². The molecule has 0 radical (unpaired) electrons.